The Balaban J connectivity index is 1.61. The number of alkyl halides is 3. The van der Waals surface area contributed by atoms with Gasteiger partial charge in [-0.1, -0.05) is 11.8 Å². The molecule has 0 radical (unpaired) electrons. The van der Waals surface area contributed by atoms with E-state index in [4.69, 9.17) is 4.42 Å². The maximum atomic E-state index is 12.4. The number of anilines is 1. The van der Waals surface area contributed by atoms with Gasteiger partial charge in [0.1, 0.15) is 5.75 Å². The van der Waals surface area contributed by atoms with E-state index in [9.17, 15) is 18.0 Å². The Kier molecular flexibility index (Phi) is 5.63. The molecule has 0 saturated carbocycles. The summed E-state index contributed by atoms with van der Waals surface area (Å²) in [6, 6.07) is 8.39. The molecule has 2 heterocycles. The molecule has 1 amide bonds. The highest BCUT2D eigenvalue weighted by atomic mass is 32.2. The Morgan fingerprint density at radius 3 is 2.57 bits per heavy atom. The summed E-state index contributed by atoms with van der Waals surface area (Å²) in [6.07, 6.45) is -3.24. The molecule has 0 fully saturated rings. The number of ether oxygens (including phenoxy) is 1. The van der Waals surface area contributed by atoms with Gasteiger partial charge in [-0.05, 0) is 43.3 Å². The summed E-state index contributed by atoms with van der Waals surface area (Å²) in [4.78, 5) is 12.4. The number of nitrogens with zero attached hydrogens (tertiary/aromatic N) is 3. The molecule has 3 aromatic rings. The van der Waals surface area contributed by atoms with E-state index >= 15 is 0 Å². The molecule has 1 aromatic carbocycles. The van der Waals surface area contributed by atoms with Crippen LogP contribution in [-0.4, -0.2) is 32.3 Å². The molecule has 3 rings (SSSR count). The molecule has 7 nitrogen and oxygen atoms in total. The summed E-state index contributed by atoms with van der Waals surface area (Å²) in [7, 11) is 1.75. The van der Waals surface area contributed by atoms with Crippen molar-refractivity contribution in [3.63, 3.8) is 0 Å². The Morgan fingerprint density at radius 1 is 1.25 bits per heavy atom. The van der Waals surface area contributed by atoms with Crippen molar-refractivity contribution < 1.29 is 27.1 Å². The van der Waals surface area contributed by atoms with Crippen LogP contribution in [0.5, 0.6) is 5.75 Å². The second-order valence-corrected chi connectivity index (χ2v) is 6.97. The molecule has 0 unspecified atom stereocenters. The summed E-state index contributed by atoms with van der Waals surface area (Å²) in [5, 5.41) is 10.7. The SMILES string of the molecule is C[C@H](Sc1nnc(-c2ccco2)n1C)C(=O)Nc1ccc(OC(F)(F)F)cc1. The number of nitrogens with one attached hydrogen (secondary N) is 1. The molecular formula is C17H15F3N4O3S. The van der Waals surface area contributed by atoms with Gasteiger partial charge in [-0.2, -0.15) is 0 Å². The van der Waals surface area contributed by atoms with E-state index in [1.807, 2.05) is 0 Å². The molecule has 0 bridgehead atoms. The van der Waals surface area contributed by atoms with Gasteiger partial charge in [-0.25, -0.2) is 0 Å². The Hall–Kier alpha value is -2.95. The van der Waals surface area contributed by atoms with E-state index in [0.717, 1.165) is 12.1 Å². The number of carbonyl (C=O) groups is 1. The number of furan rings is 1. The number of aromatic nitrogens is 3. The summed E-state index contributed by atoms with van der Waals surface area (Å²) >= 11 is 1.19. The summed E-state index contributed by atoms with van der Waals surface area (Å²) in [5.41, 5.74) is 0.348. The van der Waals surface area contributed by atoms with Crippen LogP contribution in [0.3, 0.4) is 0 Å². The van der Waals surface area contributed by atoms with Crippen LogP contribution in [0.4, 0.5) is 18.9 Å². The van der Waals surface area contributed by atoms with Gasteiger partial charge in [-0.3, -0.25) is 4.79 Å². The van der Waals surface area contributed by atoms with Gasteiger partial charge in [0.2, 0.25) is 5.91 Å². The predicted octanol–water partition coefficient (Wildman–Crippen LogP) is 4.09. The fourth-order valence-corrected chi connectivity index (χ4v) is 3.05. The second kappa shape index (κ2) is 7.97. The molecule has 0 aliphatic rings. The zero-order valence-electron chi connectivity index (χ0n) is 14.7. The first-order valence-corrected chi connectivity index (χ1v) is 8.87. The Morgan fingerprint density at radius 2 is 1.96 bits per heavy atom. The summed E-state index contributed by atoms with van der Waals surface area (Å²) in [6.45, 7) is 1.68. The molecule has 11 heteroatoms. The van der Waals surface area contributed by atoms with Gasteiger partial charge in [-0.15, -0.1) is 23.4 Å². The molecule has 0 saturated heterocycles. The Labute approximate surface area is 161 Å². The lowest BCUT2D eigenvalue weighted by Crippen LogP contribution is -2.23. The fourth-order valence-electron chi connectivity index (χ4n) is 2.23. The monoisotopic (exact) mass is 412 g/mol. The summed E-state index contributed by atoms with van der Waals surface area (Å²) < 4.78 is 47.3. The van der Waals surface area contributed by atoms with Gasteiger partial charge in [0.05, 0.1) is 11.5 Å². The average molecular weight is 412 g/mol. The van der Waals surface area contributed by atoms with Gasteiger partial charge in [0, 0.05) is 12.7 Å². The molecule has 28 heavy (non-hydrogen) atoms. The number of hydrogen-bond acceptors (Lipinski definition) is 6. The van der Waals surface area contributed by atoms with E-state index < -0.39 is 11.6 Å². The van der Waals surface area contributed by atoms with Crippen molar-refractivity contribution in [2.45, 2.75) is 23.7 Å². The number of hydrogen-bond donors (Lipinski definition) is 1. The lowest BCUT2D eigenvalue weighted by atomic mass is 10.3. The highest BCUT2D eigenvalue weighted by Crippen LogP contribution is 2.27. The van der Waals surface area contributed by atoms with Crippen LogP contribution in [0.15, 0.2) is 52.2 Å². The minimum atomic E-state index is -4.76. The van der Waals surface area contributed by atoms with E-state index in [0.29, 0.717) is 22.4 Å². The normalized spacial score (nSPS) is 12.6. The maximum absolute atomic E-state index is 12.4. The molecule has 1 atom stereocenters. The highest BCUT2D eigenvalue weighted by Gasteiger charge is 2.31. The first-order valence-electron chi connectivity index (χ1n) is 7.99. The quantitative estimate of drug-likeness (QED) is 0.614. The van der Waals surface area contributed by atoms with Crippen molar-refractivity contribution in [3.8, 4) is 17.3 Å². The van der Waals surface area contributed by atoms with Crippen LogP contribution >= 0.6 is 11.8 Å². The van der Waals surface area contributed by atoms with E-state index in [1.165, 1.54) is 30.2 Å². The lowest BCUT2D eigenvalue weighted by Gasteiger charge is -2.12. The predicted molar refractivity (Wildman–Crippen MR) is 95.8 cm³/mol. The van der Waals surface area contributed by atoms with Crippen LogP contribution in [-0.2, 0) is 11.8 Å². The number of thioether (sulfide) groups is 1. The third-order valence-corrected chi connectivity index (χ3v) is 4.72. The van der Waals surface area contributed by atoms with Crippen LogP contribution in [0.1, 0.15) is 6.92 Å². The number of carbonyl (C=O) groups excluding carboxylic acids is 1. The van der Waals surface area contributed by atoms with Crippen LogP contribution < -0.4 is 10.1 Å². The van der Waals surface area contributed by atoms with E-state index in [1.54, 1.807) is 30.7 Å². The molecular weight excluding hydrogens is 397 g/mol. The second-order valence-electron chi connectivity index (χ2n) is 5.66. The van der Waals surface area contributed by atoms with Crippen molar-refractivity contribution in [2.24, 2.45) is 7.05 Å². The van der Waals surface area contributed by atoms with Crippen LogP contribution in [0.25, 0.3) is 11.6 Å². The number of benzene rings is 1. The molecule has 148 valence electrons. The minimum absolute atomic E-state index is 0.336. The average Bonchev–Trinajstić information content (AvgIpc) is 3.26. The number of amides is 1. The van der Waals surface area contributed by atoms with Gasteiger partial charge in [0.15, 0.2) is 16.7 Å². The zero-order valence-corrected chi connectivity index (χ0v) is 15.5. The third kappa shape index (κ3) is 4.85. The molecule has 2 aromatic heterocycles. The van der Waals surface area contributed by atoms with Gasteiger partial charge < -0.3 is 19.0 Å². The fraction of sp³-hybridized carbons (Fsp3) is 0.235. The smallest absolute Gasteiger partial charge is 0.461 e. The largest absolute Gasteiger partial charge is 0.573 e. The van der Waals surface area contributed by atoms with E-state index in [-0.39, 0.29) is 11.7 Å². The lowest BCUT2D eigenvalue weighted by molar-refractivity contribution is -0.274. The third-order valence-electron chi connectivity index (χ3n) is 3.58. The van der Waals surface area contributed by atoms with Crippen LogP contribution in [0.2, 0.25) is 0 Å². The van der Waals surface area contributed by atoms with Crippen molar-refractivity contribution in [2.75, 3.05) is 5.32 Å². The number of rotatable bonds is 6. The van der Waals surface area contributed by atoms with Gasteiger partial charge >= 0.3 is 6.36 Å². The van der Waals surface area contributed by atoms with Crippen molar-refractivity contribution >= 4 is 23.4 Å². The molecule has 0 spiro atoms. The van der Waals surface area contributed by atoms with Gasteiger partial charge in [0.25, 0.3) is 0 Å². The standard InChI is InChI=1S/C17H15F3N4O3S/c1-10(28-16-23-22-14(24(16)2)13-4-3-9-26-13)15(25)21-11-5-7-12(8-6-11)27-17(18,19)20/h3-10H,1-2H3,(H,21,25)/t10-/m0/s1. The molecule has 0 aliphatic heterocycles. The van der Waals surface area contributed by atoms with Crippen molar-refractivity contribution in [1.29, 1.82) is 0 Å². The number of halogens is 3. The molecule has 1 N–H and O–H groups in total. The zero-order chi connectivity index (χ0) is 20.3. The Bertz CT molecular complexity index is 940. The molecule has 0 aliphatic carbocycles. The van der Waals surface area contributed by atoms with E-state index in [2.05, 4.69) is 20.3 Å². The van der Waals surface area contributed by atoms with Crippen molar-refractivity contribution in [3.05, 3.63) is 42.7 Å². The topological polar surface area (TPSA) is 82.2 Å². The highest BCUT2D eigenvalue weighted by molar-refractivity contribution is 8.00. The summed E-state index contributed by atoms with van der Waals surface area (Å²) in [5.74, 6) is 0.384. The first kappa shape index (κ1) is 19.8. The minimum Gasteiger partial charge on any atom is -0.461 e. The first-order chi connectivity index (χ1) is 13.2. The van der Waals surface area contributed by atoms with Crippen molar-refractivity contribution in [1.82, 2.24) is 14.8 Å². The van der Waals surface area contributed by atoms with Crippen LogP contribution in [0, 0.1) is 0 Å². The maximum Gasteiger partial charge on any atom is 0.573 e.